The number of benzene rings is 1. The molecule has 0 amide bonds. The quantitative estimate of drug-likeness (QED) is 0.613. The Bertz CT molecular complexity index is 531. The standard InChI is InChI=1S/C8H7Cl2NO5S/c9-7-2-1-6(5-8(7)10)17(14,15)4-3-16-11(12)13/h1-2,5H,3-4H2. The highest BCUT2D eigenvalue weighted by Gasteiger charge is 2.16. The van der Waals surface area contributed by atoms with Crippen LogP contribution in [-0.4, -0.2) is 25.9 Å². The van der Waals surface area contributed by atoms with E-state index in [4.69, 9.17) is 23.2 Å². The van der Waals surface area contributed by atoms with E-state index in [2.05, 4.69) is 4.84 Å². The van der Waals surface area contributed by atoms with Crippen molar-refractivity contribution < 1.29 is 18.3 Å². The number of hydrogen-bond donors (Lipinski definition) is 0. The number of hydrogen-bond acceptors (Lipinski definition) is 5. The van der Waals surface area contributed by atoms with Crippen molar-refractivity contribution in [2.45, 2.75) is 4.90 Å². The highest BCUT2D eigenvalue weighted by Crippen LogP contribution is 2.25. The third-order valence-electron chi connectivity index (χ3n) is 1.80. The van der Waals surface area contributed by atoms with Gasteiger partial charge in [-0.2, -0.15) is 0 Å². The zero-order valence-corrected chi connectivity index (χ0v) is 10.6. The molecule has 1 aromatic rings. The summed E-state index contributed by atoms with van der Waals surface area (Å²) in [6.45, 7) is -0.532. The first-order valence-electron chi connectivity index (χ1n) is 4.28. The van der Waals surface area contributed by atoms with Crippen molar-refractivity contribution in [1.29, 1.82) is 0 Å². The second-order valence-electron chi connectivity index (χ2n) is 2.95. The second kappa shape index (κ2) is 5.52. The van der Waals surface area contributed by atoms with E-state index in [0.29, 0.717) is 0 Å². The summed E-state index contributed by atoms with van der Waals surface area (Å²) in [5.74, 6) is -0.508. The monoisotopic (exact) mass is 299 g/mol. The molecule has 0 aromatic heterocycles. The number of nitrogens with zero attached hydrogens (tertiary/aromatic N) is 1. The van der Waals surface area contributed by atoms with Crippen LogP contribution in [0.1, 0.15) is 0 Å². The van der Waals surface area contributed by atoms with E-state index in [-0.39, 0.29) is 14.9 Å². The Morgan fingerprint density at radius 3 is 2.47 bits per heavy atom. The van der Waals surface area contributed by atoms with Crippen LogP contribution in [0.15, 0.2) is 23.1 Å². The third kappa shape index (κ3) is 4.03. The van der Waals surface area contributed by atoms with E-state index in [9.17, 15) is 18.5 Å². The van der Waals surface area contributed by atoms with Gasteiger partial charge in [-0.25, -0.2) is 8.42 Å². The molecule has 0 aliphatic rings. The molecule has 0 bridgehead atoms. The van der Waals surface area contributed by atoms with Gasteiger partial charge in [0.05, 0.1) is 20.7 Å². The zero-order chi connectivity index (χ0) is 13.1. The van der Waals surface area contributed by atoms with Crippen molar-refractivity contribution in [2.24, 2.45) is 0 Å². The first-order valence-corrected chi connectivity index (χ1v) is 6.69. The maximum atomic E-state index is 11.7. The topological polar surface area (TPSA) is 86.5 Å². The first kappa shape index (κ1) is 14.0. The molecule has 94 valence electrons. The first-order chi connectivity index (χ1) is 7.83. The van der Waals surface area contributed by atoms with E-state index in [1.807, 2.05) is 0 Å². The molecule has 0 spiro atoms. The normalized spacial score (nSPS) is 11.2. The van der Waals surface area contributed by atoms with Crippen LogP contribution in [0.25, 0.3) is 0 Å². The minimum atomic E-state index is -3.67. The lowest BCUT2D eigenvalue weighted by molar-refractivity contribution is -0.756. The van der Waals surface area contributed by atoms with Crippen LogP contribution in [0.5, 0.6) is 0 Å². The lowest BCUT2D eigenvalue weighted by Gasteiger charge is -2.04. The molecule has 0 unspecified atom stereocenters. The van der Waals surface area contributed by atoms with Gasteiger partial charge in [0.1, 0.15) is 6.61 Å². The Kier molecular flexibility index (Phi) is 4.55. The largest absolute Gasteiger partial charge is 0.313 e. The fourth-order valence-electron chi connectivity index (χ4n) is 1.01. The highest BCUT2D eigenvalue weighted by molar-refractivity contribution is 7.91. The van der Waals surface area contributed by atoms with Gasteiger partial charge < -0.3 is 4.84 Å². The Morgan fingerprint density at radius 2 is 1.94 bits per heavy atom. The van der Waals surface area contributed by atoms with E-state index in [1.54, 1.807) is 0 Å². The Balaban J connectivity index is 2.82. The van der Waals surface area contributed by atoms with Gasteiger partial charge in [0.25, 0.3) is 5.09 Å². The molecular formula is C8H7Cl2NO5S. The van der Waals surface area contributed by atoms with Crippen LogP contribution >= 0.6 is 23.2 Å². The molecule has 1 rings (SSSR count). The van der Waals surface area contributed by atoms with E-state index in [0.717, 1.165) is 0 Å². The maximum Gasteiger partial charge on any atom is 0.294 e. The summed E-state index contributed by atoms with van der Waals surface area (Å²) in [6.07, 6.45) is 0. The number of sulfone groups is 1. The third-order valence-corrected chi connectivity index (χ3v) is 4.21. The molecule has 9 heteroatoms. The fraction of sp³-hybridized carbons (Fsp3) is 0.250. The van der Waals surface area contributed by atoms with Gasteiger partial charge in [0.2, 0.25) is 0 Å². The fourth-order valence-corrected chi connectivity index (χ4v) is 2.47. The summed E-state index contributed by atoms with van der Waals surface area (Å²) in [5, 5.41) is 9.15. The molecule has 0 saturated carbocycles. The maximum absolute atomic E-state index is 11.7. The lowest BCUT2D eigenvalue weighted by atomic mass is 10.4. The molecule has 0 saturated heterocycles. The van der Waals surface area contributed by atoms with Gasteiger partial charge in [0, 0.05) is 0 Å². The smallest absolute Gasteiger partial charge is 0.294 e. The molecule has 0 N–H and O–H groups in total. The van der Waals surface area contributed by atoms with Crippen LogP contribution in [0.3, 0.4) is 0 Å². The molecule has 0 fully saturated rings. The van der Waals surface area contributed by atoms with Crippen LogP contribution < -0.4 is 0 Å². The van der Waals surface area contributed by atoms with Crippen LogP contribution in [0.4, 0.5) is 0 Å². The summed E-state index contributed by atoms with van der Waals surface area (Å²) >= 11 is 11.3. The predicted molar refractivity (Wildman–Crippen MR) is 61.5 cm³/mol. The molecule has 0 atom stereocenters. The Hall–Kier alpha value is -1.05. The summed E-state index contributed by atoms with van der Waals surface area (Å²) in [4.78, 5) is 13.8. The molecule has 6 nitrogen and oxygen atoms in total. The minimum absolute atomic E-state index is 0.0566. The highest BCUT2D eigenvalue weighted by atomic mass is 35.5. The van der Waals surface area contributed by atoms with Crippen molar-refractivity contribution in [2.75, 3.05) is 12.4 Å². The molecular weight excluding hydrogens is 293 g/mol. The van der Waals surface area contributed by atoms with Crippen molar-refractivity contribution in [3.8, 4) is 0 Å². The van der Waals surface area contributed by atoms with Gasteiger partial charge >= 0.3 is 0 Å². The van der Waals surface area contributed by atoms with Crippen LogP contribution in [0.2, 0.25) is 10.0 Å². The summed E-state index contributed by atoms with van der Waals surface area (Å²) in [5.41, 5.74) is 0. The Labute approximate surface area is 107 Å². The Morgan fingerprint density at radius 1 is 1.29 bits per heavy atom. The molecule has 0 heterocycles. The molecule has 17 heavy (non-hydrogen) atoms. The van der Waals surface area contributed by atoms with Crippen LogP contribution in [-0.2, 0) is 14.7 Å². The van der Waals surface area contributed by atoms with E-state index in [1.165, 1.54) is 18.2 Å². The number of rotatable bonds is 5. The van der Waals surface area contributed by atoms with Crippen molar-refractivity contribution in [3.63, 3.8) is 0 Å². The molecule has 0 aliphatic carbocycles. The van der Waals surface area contributed by atoms with E-state index < -0.39 is 27.3 Å². The van der Waals surface area contributed by atoms with Gasteiger partial charge in [-0.05, 0) is 18.2 Å². The van der Waals surface area contributed by atoms with Crippen molar-refractivity contribution in [1.82, 2.24) is 0 Å². The van der Waals surface area contributed by atoms with Crippen LogP contribution in [0, 0.1) is 10.1 Å². The van der Waals surface area contributed by atoms with Gasteiger partial charge in [-0.15, -0.1) is 10.1 Å². The lowest BCUT2D eigenvalue weighted by Crippen LogP contribution is -2.14. The van der Waals surface area contributed by atoms with Gasteiger partial charge in [-0.1, -0.05) is 23.2 Å². The molecule has 0 radical (unpaired) electrons. The minimum Gasteiger partial charge on any atom is -0.313 e. The van der Waals surface area contributed by atoms with Crippen molar-refractivity contribution >= 4 is 33.0 Å². The SMILES string of the molecule is O=[N+]([O-])OCCS(=O)(=O)c1ccc(Cl)c(Cl)c1. The summed E-state index contributed by atoms with van der Waals surface area (Å²) in [6, 6.07) is 3.80. The molecule has 0 aliphatic heterocycles. The second-order valence-corrected chi connectivity index (χ2v) is 5.88. The average molecular weight is 300 g/mol. The van der Waals surface area contributed by atoms with E-state index >= 15 is 0 Å². The summed E-state index contributed by atoms with van der Waals surface area (Å²) < 4.78 is 23.3. The van der Waals surface area contributed by atoms with Crippen molar-refractivity contribution in [3.05, 3.63) is 38.4 Å². The summed E-state index contributed by atoms with van der Waals surface area (Å²) in [7, 11) is -3.67. The zero-order valence-electron chi connectivity index (χ0n) is 8.30. The predicted octanol–water partition coefficient (Wildman–Crippen LogP) is 1.98. The van der Waals surface area contributed by atoms with Gasteiger partial charge in [-0.3, -0.25) is 0 Å². The van der Waals surface area contributed by atoms with Gasteiger partial charge in [0.15, 0.2) is 9.84 Å². The number of halogens is 2. The molecule has 1 aromatic carbocycles. The average Bonchev–Trinajstić information content (AvgIpc) is 2.21.